The summed E-state index contributed by atoms with van der Waals surface area (Å²) in [5.41, 5.74) is -0.0250. The van der Waals surface area contributed by atoms with Crippen molar-refractivity contribution in [2.75, 3.05) is 13.2 Å². The minimum absolute atomic E-state index is 0.246. The number of rotatable bonds is 3. The minimum atomic E-state index is -0.529. The van der Waals surface area contributed by atoms with Crippen LogP contribution in [0.5, 0.6) is 0 Å². The fourth-order valence-electron chi connectivity index (χ4n) is 2.35. The van der Waals surface area contributed by atoms with Gasteiger partial charge in [0.1, 0.15) is 5.82 Å². The van der Waals surface area contributed by atoms with Crippen molar-refractivity contribution in [3.63, 3.8) is 0 Å². The molecule has 0 aromatic heterocycles. The van der Waals surface area contributed by atoms with Crippen molar-refractivity contribution in [1.82, 2.24) is 0 Å². The zero-order valence-electron chi connectivity index (χ0n) is 9.54. The van der Waals surface area contributed by atoms with Gasteiger partial charge in [-0.05, 0) is 24.6 Å². The SMILES string of the molecule is CCC(C#N)C1(c2cc(Cl)ccc2F)COC1. The highest BCUT2D eigenvalue weighted by atomic mass is 35.5. The van der Waals surface area contributed by atoms with Crippen molar-refractivity contribution in [3.8, 4) is 6.07 Å². The van der Waals surface area contributed by atoms with Crippen molar-refractivity contribution >= 4 is 11.6 Å². The molecule has 1 aromatic rings. The Morgan fingerprint density at radius 3 is 2.76 bits per heavy atom. The van der Waals surface area contributed by atoms with E-state index >= 15 is 0 Å². The van der Waals surface area contributed by atoms with Crippen molar-refractivity contribution in [3.05, 3.63) is 34.6 Å². The second-order valence-corrected chi connectivity index (χ2v) is 4.80. The van der Waals surface area contributed by atoms with Gasteiger partial charge in [-0.25, -0.2) is 4.39 Å². The zero-order valence-corrected chi connectivity index (χ0v) is 10.3. The second-order valence-electron chi connectivity index (χ2n) is 4.36. The van der Waals surface area contributed by atoms with Gasteiger partial charge in [0.05, 0.1) is 30.6 Å². The number of benzene rings is 1. The lowest BCUT2D eigenvalue weighted by Gasteiger charge is -2.45. The quantitative estimate of drug-likeness (QED) is 0.828. The molecule has 0 spiro atoms. The van der Waals surface area contributed by atoms with E-state index in [4.69, 9.17) is 16.3 Å². The molecule has 0 aliphatic carbocycles. The highest BCUT2D eigenvalue weighted by molar-refractivity contribution is 6.30. The lowest BCUT2D eigenvalue weighted by atomic mass is 9.68. The van der Waals surface area contributed by atoms with E-state index in [2.05, 4.69) is 6.07 Å². The molecule has 0 bridgehead atoms. The maximum absolute atomic E-state index is 13.9. The smallest absolute Gasteiger partial charge is 0.127 e. The summed E-state index contributed by atoms with van der Waals surface area (Å²) in [6, 6.07) is 6.72. The van der Waals surface area contributed by atoms with Crippen LogP contribution in [0.2, 0.25) is 5.02 Å². The average Bonchev–Trinajstić information content (AvgIpc) is 2.27. The first-order valence-electron chi connectivity index (χ1n) is 5.57. The highest BCUT2D eigenvalue weighted by Gasteiger charge is 2.48. The molecule has 4 heteroatoms. The number of ether oxygens (including phenoxy) is 1. The minimum Gasteiger partial charge on any atom is -0.379 e. The van der Waals surface area contributed by atoms with Gasteiger partial charge in [0.15, 0.2) is 0 Å². The molecule has 1 saturated heterocycles. The summed E-state index contributed by atoms with van der Waals surface area (Å²) in [6.45, 7) is 2.70. The molecule has 1 fully saturated rings. The van der Waals surface area contributed by atoms with Crippen LogP contribution in [0, 0.1) is 23.1 Å². The van der Waals surface area contributed by atoms with E-state index in [0.29, 0.717) is 30.2 Å². The average molecular weight is 254 g/mol. The van der Waals surface area contributed by atoms with Crippen LogP contribution < -0.4 is 0 Å². The third-order valence-corrected chi connectivity index (χ3v) is 3.65. The first-order valence-corrected chi connectivity index (χ1v) is 5.94. The number of nitrogens with zero attached hydrogens (tertiary/aromatic N) is 1. The number of hydrogen-bond acceptors (Lipinski definition) is 2. The lowest BCUT2D eigenvalue weighted by Crippen LogP contribution is -2.52. The lowest BCUT2D eigenvalue weighted by molar-refractivity contribution is -0.0820. The van der Waals surface area contributed by atoms with Gasteiger partial charge in [0, 0.05) is 10.6 Å². The first-order chi connectivity index (χ1) is 8.14. The molecule has 90 valence electrons. The molecule has 1 aromatic carbocycles. The van der Waals surface area contributed by atoms with Crippen LogP contribution in [-0.4, -0.2) is 13.2 Å². The number of hydrogen-bond donors (Lipinski definition) is 0. The largest absolute Gasteiger partial charge is 0.379 e. The van der Waals surface area contributed by atoms with Crippen molar-refractivity contribution in [2.24, 2.45) is 5.92 Å². The van der Waals surface area contributed by atoms with Crippen LogP contribution in [0.4, 0.5) is 4.39 Å². The fourth-order valence-corrected chi connectivity index (χ4v) is 2.52. The summed E-state index contributed by atoms with van der Waals surface area (Å²) in [5.74, 6) is -0.560. The van der Waals surface area contributed by atoms with Gasteiger partial charge in [-0.15, -0.1) is 0 Å². The highest BCUT2D eigenvalue weighted by Crippen LogP contribution is 2.42. The molecule has 1 aliphatic rings. The van der Waals surface area contributed by atoms with Crippen molar-refractivity contribution < 1.29 is 9.13 Å². The van der Waals surface area contributed by atoms with Crippen LogP contribution >= 0.6 is 11.6 Å². The van der Waals surface area contributed by atoms with E-state index in [9.17, 15) is 9.65 Å². The standard InChI is InChI=1S/C13H13ClFNO/c1-2-9(6-16)13(7-17-8-13)11-5-10(14)3-4-12(11)15/h3-5,9H,2,7-8H2,1H3. The maximum atomic E-state index is 13.9. The Morgan fingerprint density at radius 1 is 1.59 bits per heavy atom. The van der Waals surface area contributed by atoms with Gasteiger partial charge in [0.25, 0.3) is 0 Å². The topological polar surface area (TPSA) is 33.0 Å². The Labute approximate surface area is 105 Å². The Balaban J connectivity index is 2.48. The molecule has 1 heterocycles. The molecule has 0 saturated carbocycles. The van der Waals surface area contributed by atoms with Gasteiger partial charge in [-0.3, -0.25) is 0 Å². The molecule has 2 nitrogen and oxygen atoms in total. The molecule has 0 radical (unpaired) electrons. The number of nitriles is 1. The Bertz CT molecular complexity index is 465. The van der Waals surface area contributed by atoms with E-state index in [1.807, 2.05) is 6.92 Å². The van der Waals surface area contributed by atoms with Crippen LogP contribution in [0.3, 0.4) is 0 Å². The molecule has 2 rings (SSSR count). The normalized spacial score (nSPS) is 19.2. The zero-order chi connectivity index (χ0) is 12.5. The monoisotopic (exact) mass is 253 g/mol. The third kappa shape index (κ3) is 1.92. The van der Waals surface area contributed by atoms with Crippen LogP contribution in [0.1, 0.15) is 18.9 Å². The summed E-state index contributed by atoms with van der Waals surface area (Å²) in [7, 11) is 0. The van der Waals surface area contributed by atoms with E-state index in [0.717, 1.165) is 0 Å². The van der Waals surface area contributed by atoms with Crippen LogP contribution in [-0.2, 0) is 10.2 Å². The van der Waals surface area contributed by atoms with E-state index in [-0.39, 0.29) is 11.7 Å². The molecule has 17 heavy (non-hydrogen) atoms. The maximum Gasteiger partial charge on any atom is 0.127 e. The van der Waals surface area contributed by atoms with E-state index in [1.165, 1.54) is 12.1 Å². The van der Waals surface area contributed by atoms with Crippen molar-refractivity contribution in [2.45, 2.75) is 18.8 Å². The number of halogens is 2. The molecule has 0 amide bonds. The molecule has 0 N–H and O–H groups in total. The summed E-state index contributed by atoms with van der Waals surface area (Å²) >= 11 is 5.90. The van der Waals surface area contributed by atoms with Crippen LogP contribution in [0.25, 0.3) is 0 Å². The van der Waals surface area contributed by atoms with Gasteiger partial charge < -0.3 is 4.74 Å². The summed E-state index contributed by atoms with van der Waals surface area (Å²) < 4.78 is 19.1. The van der Waals surface area contributed by atoms with Gasteiger partial charge in [0.2, 0.25) is 0 Å². The molecular formula is C13H13ClFNO. The Morgan fingerprint density at radius 2 is 2.29 bits per heavy atom. The van der Waals surface area contributed by atoms with E-state index < -0.39 is 5.41 Å². The van der Waals surface area contributed by atoms with E-state index in [1.54, 1.807) is 6.07 Å². The van der Waals surface area contributed by atoms with Gasteiger partial charge >= 0.3 is 0 Å². The summed E-state index contributed by atoms with van der Waals surface area (Å²) in [5, 5.41) is 9.67. The van der Waals surface area contributed by atoms with Gasteiger partial charge in [-0.1, -0.05) is 18.5 Å². The predicted molar refractivity (Wildman–Crippen MR) is 63.3 cm³/mol. The third-order valence-electron chi connectivity index (χ3n) is 3.42. The molecular weight excluding hydrogens is 241 g/mol. The molecule has 1 aliphatic heterocycles. The van der Waals surface area contributed by atoms with Crippen molar-refractivity contribution in [1.29, 1.82) is 5.26 Å². The summed E-state index contributed by atoms with van der Waals surface area (Å²) in [6.07, 6.45) is 0.672. The molecule has 1 atom stereocenters. The van der Waals surface area contributed by atoms with Crippen LogP contribution in [0.15, 0.2) is 18.2 Å². The Kier molecular flexibility index (Phi) is 3.37. The second kappa shape index (κ2) is 4.64. The molecule has 1 unspecified atom stereocenters. The Hall–Kier alpha value is -1.11. The summed E-state index contributed by atoms with van der Waals surface area (Å²) in [4.78, 5) is 0. The first kappa shape index (κ1) is 12.3. The van der Waals surface area contributed by atoms with Gasteiger partial charge in [-0.2, -0.15) is 5.26 Å². The predicted octanol–water partition coefficient (Wildman–Crippen LogP) is 3.30. The fraction of sp³-hybridized carbons (Fsp3) is 0.462.